The summed E-state index contributed by atoms with van der Waals surface area (Å²) in [6.07, 6.45) is 2.87. The van der Waals surface area contributed by atoms with Crippen molar-refractivity contribution >= 4 is 23.2 Å². The Bertz CT molecular complexity index is 531. The molecule has 108 valence electrons. The number of likely N-dealkylation sites (N-methyl/N-ethyl adjacent to an activating group) is 1. The molecule has 0 aliphatic carbocycles. The highest BCUT2D eigenvalue weighted by Gasteiger charge is 2.28. The molecule has 1 aliphatic rings. The van der Waals surface area contributed by atoms with Gasteiger partial charge in [0.05, 0.1) is 4.92 Å². The Labute approximate surface area is 121 Å². The van der Waals surface area contributed by atoms with E-state index < -0.39 is 10.8 Å². The molecule has 20 heavy (non-hydrogen) atoms. The van der Waals surface area contributed by atoms with Gasteiger partial charge in [0.15, 0.2) is 0 Å². The van der Waals surface area contributed by atoms with E-state index in [1.807, 2.05) is 0 Å². The summed E-state index contributed by atoms with van der Waals surface area (Å²) in [6, 6.07) is 1.28. The minimum absolute atomic E-state index is 0.0249. The predicted molar refractivity (Wildman–Crippen MR) is 73.9 cm³/mol. The van der Waals surface area contributed by atoms with Crippen LogP contribution in [0.2, 0.25) is 5.15 Å². The number of hydrogen-bond acceptors (Lipinski definition) is 5. The highest BCUT2D eigenvalue weighted by Crippen LogP contribution is 2.23. The van der Waals surface area contributed by atoms with Gasteiger partial charge in [-0.15, -0.1) is 0 Å². The van der Waals surface area contributed by atoms with Crippen LogP contribution in [0.1, 0.15) is 23.2 Å². The van der Waals surface area contributed by atoms with Gasteiger partial charge in [-0.25, -0.2) is 4.98 Å². The van der Waals surface area contributed by atoms with Gasteiger partial charge in [-0.1, -0.05) is 11.6 Å². The summed E-state index contributed by atoms with van der Waals surface area (Å²) in [7, 11) is 1.65. The number of rotatable bonds is 3. The van der Waals surface area contributed by atoms with Crippen molar-refractivity contribution in [2.75, 3.05) is 20.1 Å². The summed E-state index contributed by atoms with van der Waals surface area (Å²) < 4.78 is 0. The predicted octanol–water partition coefficient (Wildman–Crippen LogP) is 1.47. The van der Waals surface area contributed by atoms with Gasteiger partial charge in [0.25, 0.3) is 11.6 Å². The van der Waals surface area contributed by atoms with Crippen LogP contribution in [0.5, 0.6) is 0 Å². The lowest BCUT2D eigenvalue weighted by atomic mass is 10.1. The summed E-state index contributed by atoms with van der Waals surface area (Å²) >= 11 is 5.74. The number of nitrogens with zero attached hydrogens (tertiary/aromatic N) is 3. The van der Waals surface area contributed by atoms with Crippen LogP contribution in [-0.2, 0) is 0 Å². The molecule has 2 heterocycles. The van der Waals surface area contributed by atoms with Crippen LogP contribution in [0.3, 0.4) is 0 Å². The molecule has 1 atom stereocenters. The zero-order valence-corrected chi connectivity index (χ0v) is 11.8. The Morgan fingerprint density at radius 1 is 1.65 bits per heavy atom. The Hall–Kier alpha value is -1.73. The molecule has 1 amide bonds. The van der Waals surface area contributed by atoms with E-state index in [0.29, 0.717) is 6.54 Å². The molecule has 7 nitrogen and oxygen atoms in total. The number of nitrogens with one attached hydrogen (secondary N) is 1. The van der Waals surface area contributed by atoms with E-state index in [1.54, 1.807) is 7.05 Å². The molecule has 1 aliphatic heterocycles. The second kappa shape index (κ2) is 6.15. The Morgan fingerprint density at radius 3 is 3.00 bits per heavy atom. The third kappa shape index (κ3) is 3.05. The number of nitro groups is 1. The molecule has 0 aromatic carbocycles. The van der Waals surface area contributed by atoms with E-state index in [9.17, 15) is 14.9 Å². The van der Waals surface area contributed by atoms with Crippen molar-refractivity contribution in [3.63, 3.8) is 0 Å². The van der Waals surface area contributed by atoms with Gasteiger partial charge in [0.1, 0.15) is 16.9 Å². The normalized spacial score (nSPS) is 18.6. The van der Waals surface area contributed by atoms with Crippen molar-refractivity contribution < 1.29 is 9.72 Å². The fraction of sp³-hybridized carbons (Fsp3) is 0.500. The standard InChI is InChI=1S/C12H15ClN4O3/c1-16(8-3-2-4-14-6-8)12(18)9-5-11(13)15-7-10(9)17(19)20/h5,7-8,14H,2-4,6H2,1H3. The zero-order chi connectivity index (χ0) is 14.7. The second-order valence-corrected chi connectivity index (χ2v) is 5.08. The van der Waals surface area contributed by atoms with E-state index in [-0.39, 0.29) is 22.4 Å². The lowest BCUT2D eigenvalue weighted by Gasteiger charge is -2.31. The molecular weight excluding hydrogens is 284 g/mol. The second-order valence-electron chi connectivity index (χ2n) is 4.70. The first kappa shape index (κ1) is 14.7. The van der Waals surface area contributed by atoms with Gasteiger partial charge in [-0.2, -0.15) is 0 Å². The van der Waals surface area contributed by atoms with Crippen LogP contribution in [0.4, 0.5) is 5.69 Å². The number of halogens is 1. The molecule has 1 N–H and O–H groups in total. The highest BCUT2D eigenvalue weighted by atomic mass is 35.5. The maximum absolute atomic E-state index is 12.4. The monoisotopic (exact) mass is 298 g/mol. The molecule has 0 bridgehead atoms. The minimum atomic E-state index is -0.622. The van der Waals surface area contributed by atoms with Crippen molar-refractivity contribution in [1.82, 2.24) is 15.2 Å². The first-order chi connectivity index (χ1) is 9.50. The summed E-state index contributed by atoms with van der Waals surface area (Å²) in [5, 5.41) is 14.2. The molecular formula is C12H15ClN4O3. The van der Waals surface area contributed by atoms with Gasteiger partial charge in [0.2, 0.25) is 0 Å². The molecule has 1 aromatic heterocycles. The summed E-state index contributed by atoms with van der Waals surface area (Å²) in [6.45, 7) is 1.62. The maximum atomic E-state index is 12.4. The van der Waals surface area contributed by atoms with Crippen LogP contribution >= 0.6 is 11.6 Å². The SMILES string of the molecule is CN(C(=O)c1cc(Cl)ncc1[N+](=O)[O-])C1CCCNC1. The van der Waals surface area contributed by atoms with Crippen LogP contribution in [0.15, 0.2) is 12.3 Å². The quantitative estimate of drug-likeness (QED) is 0.518. The summed E-state index contributed by atoms with van der Waals surface area (Å²) in [5.41, 5.74) is -0.349. The van der Waals surface area contributed by atoms with Crippen molar-refractivity contribution in [1.29, 1.82) is 0 Å². The molecule has 0 saturated carbocycles. The maximum Gasteiger partial charge on any atom is 0.300 e. The van der Waals surface area contributed by atoms with E-state index in [4.69, 9.17) is 11.6 Å². The average Bonchev–Trinajstić information content (AvgIpc) is 2.46. The Balaban J connectivity index is 2.27. The van der Waals surface area contributed by atoms with Crippen LogP contribution in [-0.4, -0.2) is 46.9 Å². The molecule has 1 saturated heterocycles. The Morgan fingerprint density at radius 2 is 2.40 bits per heavy atom. The van der Waals surface area contributed by atoms with Crippen molar-refractivity contribution in [3.8, 4) is 0 Å². The van der Waals surface area contributed by atoms with Gasteiger partial charge in [0, 0.05) is 19.6 Å². The summed E-state index contributed by atoms with van der Waals surface area (Å²) in [5.74, 6) is -0.408. The number of aromatic nitrogens is 1. The number of amides is 1. The molecule has 1 unspecified atom stereocenters. The van der Waals surface area contributed by atoms with Crippen LogP contribution < -0.4 is 5.32 Å². The third-order valence-corrected chi connectivity index (χ3v) is 3.62. The Kier molecular flexibility index (Phi) is 4.51. The lowest BCUT2D eigenvalue weighted by molar-refractivity contribution is -0.385. The number of pyridine rings is 1. The number of piperidine rings is 1. The van der Waals surface area contributed by atoms with E-state index in [0.717, 1.165) is 25.6 Å². The van der Waals surface area contributed by atoms with E-state index in [2.05, 4.69) is 10.3 Å². The molecule has 1 fully saturated rings. The number of hydrogen-bond donors (Lipinski definition) is 1. The van der Waals surface area contributed by atoms with E-state index in [1.165, 1.54) is 11.0 Å². The lowest BCUT2D eigenvalue weighted by Crippen LogP contribution is -2.46. The fourth-order valence-electron chi connectivity index (χ4n) is 2.26. The van der Waals surface area contributed by atoms with Gasteiger partial charge in [-0.05, 0) is 25.5 Å². The van der Waals surface area contributed by atoms with Gasteiger partial charge >= 0.3 is 0 Å². The topological polar surface area (TPSA) is 88.4 Å². The third-order valence-electron chi connectivity index (χ3n) is 3.42. The average molecular weight is 299 g/mol. The number of carbonyl (C=O) groups excluding carboxylic acids is 1. The van der Waals surface area contributed by atoms with Crippen molar-refractivity contribution in [2.24, 2.45) is 0 Å². The van der Waals surface area contributed by atoms with Gasteiger partial charge in [-0.3, -0.25) is 14.9 Å². The van der Waals surface area contributed by atoms with Crippen molar-refractivity contribution in [3.05, 3.63) is 33.1 Å². The molecule has 2 rings (SSSR count). The fourth-order valence-corrected chi connectivity index (χ4v) is 2.42. The zero-order valence-electron chi connectivity index (χ0n) is 11.0. The van der Waals surface area contributed by atoms with Crippen LogP contribution in [0.25, 0.3) is 0 Å². The smallest absolute Gasteiger partial charge is 0.300 e. The molecule has 8 heteroatoms. The van der Waals surface area contributed by atoms with E-state index >= 15 is 0 Å². The highest BCUT2D eigenvalue weighted by molar-refractivity contribution is 6.29. The van der Waals surface area contributed by atoms with Gasteiger partial charge < -0.3 is 10.2 Å². The van der Waals surface area contributed by atoms with Crippen LogP contribution in [0, 0.1) is 10.1 Å². The first-order valence-corrected chi connectivity index (χ1v) is 6.66. The molecule has 0 radical (unpaired) electrons. The first-order valence-electron chi connectivity index (χ1n) is 6.28. The summed E-state index contributed by atoms with van der Waals surface area (Å²) in [4.78, 5) is 28.0. The molecule has 0 spiro atoms. The van der Waals surface area contributed by atoms with Crippen molar-refractivity contribution in [2.45, 2.75) is 18.9 Å². The number of carbonyl (C=O) groups is 1. The minimum Gasteiger partial charge on any atom is -0.337 e. The largest absolute Gasteiger partial charge is 0.337 e. The molecule has 1 aromatic rings.